The van der Waals surface area contributed by atoms with E-state index in [4.69, 9.17) is 4.74 Å². The molecule has 6 heteroatoms. The predicted molar refractivity (Wildman–Crippen MR) is 94.0 cm³/mol. The highest BCUT2D eigenvalue weighted by Crippen LogP contribution is 2.21. The van der Waals surface area contributed by atoms with Gasteiger partial charge in [-0.05, 0) is 36.8 Å². The van der Waals surface area contributed by atoms with Gasteiger partial charge in [0.05, 0.1) is 6.61 Å². The summed E-state index contributed by atoms with van der Waals surface area (Å²) in [7, 11) is 0. The maximum Gasteiger partial charge on any atom is 0.315 e. The molecule has 1 atom stereocenters. The van der Waals surface area contributed by atoms with E-state index < -0.39 is 0 Å². The average Bonchev–Trinajstić information content (AvgIpc) is 3.13. The lowest BCUT2D eigenvalue weighted by molar-refractivity contribution is 0.185. The molecule has 0 aliphatic carbocycles. The van der Waals surface area contributed by atoms with Crippen molar-refractivity contribution in [1.82, 2.24) is 15.6 Å². The second-order valence-electron chi connectivity index (χ2n) is 6.99. The molecule has 0 aromatic carbocycles. The molecule has 2 aliphatic heterocycles. The number of ether oxygens (including phenoxy) is 1. The highest BCUT2D eigenvalue weighted by Gasteiger charge is 2.17. The number of carbonyl (C=O) groups excluding carboxylic acids is 1. The molecule has 3 rings (SSSR count). The van der Waals surface area contributed by atoms with Crippen LogP contribution >= 0.6 is 0 Å². The maximum atomic E-state index is 11.8. The highest BCUT2D eigenvalue weighted by atomic mass is 16.5. The first-order chi connectivity index (χ1) is 11.7. The van der Waals surface area contributed by atoms with Crippen molar-refractivity contribution < 1.29 is 9.53 Å². The van der Waals surface area contributed by atoms with E-state index >= 15 is 0 Å². The summed E-state index contributed by atoms with van der Waals surface area (Å²) in [5.41, 5.74) is 1.02. The monoisotopic (exact) mass is 332 g/mol. The van der Waals surface area contributed by atoms with Crippen LogP contribution in [0.5, 0.6) is 0 Å². The van der Waals surface area contributed by atoms with Crippen molar-refractivity contribution in [2.24, 2.45) is 11.8 Å². The standard InChI is InChI=1S/C18H28N4O2/c1-14-4-7-22(8-5-14)17-3-2-15(10-19-17)11-20-18(23)21-12-16-6-9-24-13-16/h2-3,10,14,16H,4-9,11-13H2,1H3,(H2,20,21,23)/t16-/m0/s1. The van der Waals surface area contributed by atoms with Crippen molar-refractivity contribution in [3.8, 4) is 0 Å². The molecular formula is C18H28N4O2. The van der Waals surface area contributed by atoms with Crippen molar-refractivity contribution in [3.05, 3.63) is 23.9 Å². The molecule has 1 aromatic heterocycles. The third-order valence-electron chi connectivity index (χ3n) is 4.95. The summed E-state index contributed by atoms with van der Waals surface area (Å²) in [4.78, 5) is 18.7. The SMILES string of the molecule is CC1CCN(c2ccc(CNC(=O)NC[C@@H]3CCOC3)cn2)CC1. The van der Waals surface area contributed by atoms with Crippen molar-refractivity contribution >= 4 is 11.8 Å². The van der Waals surface area contributed by atoms with Gasteiger partial charge in [-0.3, -0.25) is 0 Å². The van der Waals surface area contributed by atoms with Crippen molar-refractivity contribution in [1.29, 1.82) is 0 Å². The van der Waals surface area contributed by atoms with Crippen LogP contribution in [0, 0.1) is 11.8 Å². The topological polar surface area (TPSA) is 66.5 Å². The van der Waals surface area contributed by atoms with Crippen LogP contribution in [0.25, 0.3) is 0 Å². The van der Waals surface area contributed by atoms with Crippen molar-refractivity contribution in [2.75, 3.05) is 37.7 Å². The molecule has 2 aliphatic rings. The first-order valence-corrected chi connectivity index (χ1v) is 9.00. The molecule has 2 saturated heterocycles. The zero-order chi connectivity index (χ0) is 16.8. The number of hydrogen-bond acceptors (Lipinski definition) is 4. The van der Waals surface area contributed by atoms with E-state index in [1.54, 1.807) is 0 Å². The normalized spacial score (nSPS) is 21.7. The second-order valence-corrected chi connectivity index (χ2v) is 6.99. The van der Waals surface area contributed by atoms with E-state index in [0.717, 1.165) is 50.0 Å². The van der Waals surface area contributed by atoms with Crippen LogP contribution in [0.4, 0.5) is 10.6 Å². The van der Waals surface area contributed by atoms with E-state index in [2.05, 4.69) is 33.5 Å². The minimum Gasteiger partial charge on any atom is -0.381 e. The molecule has 0 unspecified atom stereocenters. The number of carbonyl (C=O) groups is 1. The van der Waals surface area contributed by atoms with Crippen LogP contribution in [0.3, 0.4) is 0 Å². The lowest BCUT2D eigenvalue weighted by Crippen LogP contribution is -2.38. The van der Waals surface area contributed by atoms with Gasteiger partial charge in [0.2, 0.25) is 0 Å². The van der Waals surface area contributed by atoms with E-state index in [1.165, 1.54) is 12.8 Å². The predicted octanol–water partition coefficient (Wildman–Crippen LogP) is 2.15. The Morgan fingerprint density at radius 2 is 2.12 bits per heavy atom. The number of hydrogen-bond donors (Lipinski definition) is 2. The fraction of sp³-hybridized carbons (Fsp3) is 0.667. The Bertz CT molecular complexity index is 520. The molecule has 2 N–H and O–H groups in total. The summed E-state index contributed by atoms with van der Waals surface area (Å²) in [5.74, 6) is 2.30. The van der Waals surface area contributed by atoms with Gasteiger partial charge in [0.25, 0.3) is 0 Å². The fourth-order valence-corrected chi connectivity index (χ4v) is 3.17. The van der Waals surface area contributed by atoms with Gasteiger partial charge in [0, 0.05) is 44.9 Å². The second kappa shape index (κ2) is 8.33. The minimum atomic E-state index is -0.129. The molecule has 0 radical (unpaired) electrons. The Hall–Kier alpha value is -1.82. The number of rotatable bonds is 5. The Kier molecular flexibility index (Phi) is 5.91. The van der Waals surface area contributed by atoms with E-state index in [0.29, 0.717) is 19.0 Å². The smallest absolute Gasteiger partial charge is 0.315 e. The molecule has 6 nitrogen and oxygen atoms in total. The third-order valence-corrected chi connectivity index (χ3v) is 4.95. The first-order valence-electron chi connectivity index (χ1n) is 9.00. The van der Waals surface area contributed by atoms with Gasteiger partial charge in [-0.15, -0.1) is 0 Å². The molecule has 0 spiro atoms. The number of amides is 2. The van der Waals surface area contributed by atoms with Gasteiger partial charge in [-0.25, -0.2) is 9.78 Å². The lowest BCUT2D eigenvalue weighted by Gasteiger charge is -2.31. The van der Waals surface area contributed by atoms with Crippen LogP contribution in [0.1, 0.15) is 31.7 Å². The van der Waals surface area contributed by atoms with E-state index in [9.17, 15) is 4.79 Å². The maximum absolute atomic E-state index is 11.8. The summed E-state index contributed by atoms with van der Waals surface area (Å²) in [6, 6.07) is 3.97. The molecule has 24 heavy (non-hydrogen) atoms. The van der Waals surface area contributed by atoms with Gasteiger partial charge in [0.15, 0.2) is 0 Å². The molecule has 0 saturated carbocycles. The van der Waals surface area contributed by atoms with Crippen LogP contribution in [-0.4, -0.2) is 43.9 Å². The number of pyridine rings is 1. The van der Waals surface area contributed by atoms with Gasteiger partial charge in [-0.1, -0.05) is 13.0 Å². The average molecular weight is 332 g/mol. The molecular weight excluding hydrogens is 304 g/mol. The quantitative estimate of drug-likeness (QED) is 0.867. The Morgan fingerprint density at radius 3 is 2.79 bits per heavy atom. The summed E-state index contributed by atoms with van der Waals surface area (Å²) in [5, 5.41) is 5.79. The van der Waals surface area contributed by atoms with Crippen LogP contribution < -0.4 is 15.5 Å². The zero-order valence-corrected chi connectivity index (χ0v) is 14.5. The Morgan fingerprint density at radius 1 is 1.29 bits per heavy atom. The van der Waals surface area contributed by atoms with Crippen molar-refractivity contribution in [3.63, 3.8) is 0 Å². The minimum absolute atomic E-state index is 0.129. The van der Waals surface area contributed by atoms with Gasteiger partial charge < -0.3 is 20.3 Å². The lowest BCUT2D eigenvalue weighted by atomic mass is 9.99. The zero-order valence-electron chi connectivity index (χ0n) is 14.5. The molecule has 132 valence electrons. The Labute approximate surface area is 144 Å². The van der Waals surface area contributed by atoms with Gasteiger partial charge in [-0.2, -0.15) is 0 Å². The largest absolute Gasteiger partial charge is 0.381 e. The number of urea groups is 1. The molecule has 3 heterocycles. The van der Waals surface area contributed by atoms with Crippen LogP contribution in [-0.2, 0) is 11.3 Å². The third kappa shape index (κ3) is 4.84. The number of nitrogens with zero attached hydrogens (tertiary/aromatic N) is 2. The Balaban J connectivity index is 1.40. The molecule has 1 aromatic rings. The number of anilines is 1. The summed E-state index contributed by atoms with van der Waals surface area (Å²) in [6.45, 7) is 7.21. The molecule has 0 bridgehead atoms. The van der Waals surface area contributed by atoms with Gasteiger partial charge >= 0.3 is 6.03 Å². The molecule has 2 amide bonds. The number of nitrogens with one attached hydrogen (secondary N) is 2. The van der Waals surface area contributed by atoms with Gasteiger partial charge in [0.1, 0.15) is 5.82 Å². The first kappa shape index (κ1) is 17.0. The van der Waals surface area contributed by atoms with E-state index in [1.807, 2.05) is 12.3 Å². The number of piperidine rings is 1. The summed E-state index contributed by atoms with van der Waals surface area (Å²) >= 11 is 0. The van der Waals surface area contributed by atoms with Crippen molar-refractivity contribution in [2.45, 2.75) is 32.7 Å². The highest BCUT2D eigenvalue weighted by molar-refractivity contribution is 5.73. The van der Waals surface area contributed by atoms with Crippen LogP contribution in [0.2, 0.25) is 0 Å². The summed E-state index contributed by atoms with van der Waals surface area (Å²) in [6.07, 6.45) is 5.35. The van der Waals surface area contributed by atoms with Crippen LogP contribution in [0.15, 0.2) is 18.3 Å². The van der Waals surface area contributed by atoms with E-state index in [-0.39, 0.29) is 6.03 Å². The number of aromatic nitrogens is 1. The molecule has 2 fully saturated rings. The summed E-state index contributed by atoms with van der Waals surface area (Å²) < 4.78 is 5.30. The fourth-order valence-electron chi connectivity index (χ4n) is 3.17.